The predicted molar refractivity (Wildman–Crippen MR) is 130 cm³/mol. The van der Waals surface area contributed by atoms with Crippen LogP contribution in [0.25, 0.3) is 0 Å². The van der Waals surface area contributed by atoms with E-state index in [-0.39, 0.29) is 29.7 Å². The van der Waals surface area contributed by atoms with Crippen molar-refractivity contribution < 1.29 is 14.3 Å². The van der Waals surface area contributed by atoms with Crippen molar-refractivity contribution in [2.75, 3.05) is 11.9 Å². The maximum Gasteiger partial charge on any atom is 0.257 e. The molecule has 3 aliphatic rings. The van der Waals surface area contributed by atoms with Crippen molar-refractivity contribution in [2.45, 2.75) is 24.4 Å². The Morgan fingerprint density at radius 2 is 1.88 bits per heavy atom. The molecule has 7 heteroatoms. The molecule has 0 bridgehead atoms. The highest BCUT2D eigenvalue weighted by atomic mass is 79.9. The van der Waals surface area contributed by atoms with E-state index in [0.29, 0.717) is 22.9 Å². The van der Waals surface area contributed by atoms with Crippen LogP contribution in [0, 0.1) is 5.92 Å². The van der Waals surface area contributed by atoms with E-state index in [1.54, 1.807) is 23.1 Å². The van der Waals surface area contributed by atoms with Gasteiger partial charge in [0, 0.05) is 26.9 Å². The fourth-order valence-corrected chi connectivity index (χ4v) is 6.41. The molecule has 0 radical (unpaired) electrons. The molecular weight excluding hydrogens is 504 g/mol. The predicted octanol–water partition coefficient (Wildman–Crippen LogP) is 5.80. The Morgan fingerprint density at radius 1 is 1.09 bits per heavy atom. The van der Waals surface area contributed by atoms with Gasteiger partial charge in [0.2, 0.25) is 0 Å². The fraction of sp³-hybridized carbons (Fsp3) is 0.231. The summed E-state index contributed by atoms with van der Waals surface area (Å²) < 4.78 is 7.07. The van der Waals surface area contributed by atoms with Gasteiger partial charge in [0.1, 0.15) is 11.3 Å². The smallest absolute Gasteiger partial charge is 0.257 e. The third-order valence-electron chi connectivity index (χ3n) is 7.24. The van der Waals surface area contributed by atoms with E-state index in [0.717, 1.165) is 21.3 Å². The lowest BCUT2D eigenvalue weighted by atomic mass is 9.73. The summed E-state index contributed by atoms with van der Waals surface area (Å²) in [5, 5.41) is 3.48. The first-order chi connectivity index (χ1) is 15.9. The second kappa shape index (κ2) is 7.34. The van der Waals surface area contributed by atoms with E-state index < -0.39 is 5.54 Å². The summed E-state index contributed by atoms with van der Waals surface area (Å²) in [4.78, 5) is 29.9. The van der Waals surface area contributed by atoms with E-state index in [9.17, 15) is 9.59 Å². The summed E-state index contributed by atoms with van der Waals surface area (Å²) >= 11 is 9.77. The number of nitrogens with zero attached hydrogens (tertiary/aromatic N) is 1. The number of hydrogen-bond donors (Lipinski definition) is 1. The van der Waals surface area contributed by atoms with Crippen LogP contribution in [0.4, 0.5) is 5.69 Å². The van der Waals surface area contributed by atoms with Crippen LogP contribution in [0.5, 0.6) is 5.75 Å². The van der Waals surface area contributed by atoms with Crippen LogP contribution in [0.2, 0.25) is 5.02 Å². The lowest BCUT2D eigenvalue weighted by molar-refractivity contribution is -0.125. The molecule has 5 nitrogen and oxygen atoms in total. The van der Waals surface area contributed by atoms with Crippen LogP contribution >= 0.6 is 27.5 Å². The monoisotopic (exact) mass is 522 g/mol. The molecule has 3 aromatic rings. The Hall–Kier alpha value is -2.83. The first kappa shape index (κ1) is 20.8. The molecule has 1 fully saturated rings. The van der Waals surface area contributed by atoms with Gasteiger partial charge in [-0.1, -0.05) is 57.9 Å². The van der Waals surface area contributed by atoms with Crippen LogP contribution in [0.1, 0.15) is 40.4 Å². The number of halogens is 2. The molecule has 0 aromatic heterocycles. The Balaban J connectivity index is 1.63. The average molecular weight is 524 g/mol. The molecular formula is C26H20BrClN2O3. The van der Waals surface area contributed by atoms with Crippen molar-refractivity contribution in [1.29, 1.82) is 0 Å². The summed E-state index contributed by atoms with van der Waals surface area (Å²) in [6, 6.07) is 20.5. The van der Waals surface area contributed by atoms with Gasteiger partial charge in [-0.05, 0) is 48.9 Å². The normalized spacial score (nSPS) is 27.5. The van der Waals surface area contributed by atoms with E-state index in [4.69, 9.17) is 16.3 Å². The summed E-state index contributed by atoms with van der Waals surface area (Å²) in [5.74, 6) is -0.0305. The fourth-order valence-electron chi connectivity index (χ4n) is 5.86. The molecule has 1 N–H and O–H groups in total. The summed E-state index contributed by atoms with van der Waals surface area (Å²) in [6.45, 7) is 2.29. The largest absolute Gasteiger partial charge is 0.493 e. The number of anilines is 1. The Kier molecular flexibility index (Phi) is 4.61. The van der Waals surface area contributed by atoms with Crippen LogP contribution < -0.4 is 10.1 Å². The molecule has 2 amide bonds. The molecule has 0 saturated carbocycles. The molecule has 33 heavy (non-hydrogen) atoms. The molecule has 3 heterocycles. The Bertz CT molecular complexity index is 1310. The lowest BCUT2D eigenvalue weighted by Crippen LogP contribution is -2.54. The number of carbonyl (C=O) groups excluding carboxylic acids is 2. The quantitative estimate of drug-likeness (QED) is 0.438. The topological polar surface area (TPSA) is 58.6 Å². The third-order valence-corrected chi connectivity index (χ3v) is 7.97. The van der Waals surface area contributed by atoms with Crippen molar-refractivity contribution in [2.24, 2.45) is 5.92 Å². The number of fused-ring (bicyclic) bond motifs is 6. The van der Waals surface area contributed by atoms with Crippen molar-refractivity contribution in [1.82, 2.24) is 4.90 Å². The van der Waals surface area contributed by atoms with Crippen LogP contribution in [0.15, 0.2) is 71.2 Å². The first-order valence-corrected chi connectivity index (χ1v) is 12.0. The molecule has 0 spiro atoms. The minimum Gasteiger partial charge on any atom is -0.493 e. The van der Waals surface area contributed by atoms with E-state index in [1.165, 1.54) is 0 Å². The Labute approximate surface area is 204 Å². The number of hydrogen-bond acceptors (Lipinski definition) is 3. The Morgan fingerprint density at radius 3 is 2.67 bits per heavy atom. The standard InChI is InChI=1S/C26H20BrClN2O3/c1-26-22(14-5-3-2-4-6-14)19-13-33-21-10-7-15(27)11-18(21)23(19)30(26)24(31)17-9-8-16(28)12-20(17)29-25(26)32/h2-12,19,22-23H,13H2,1H3,(H,29,32)/t19-,22+,23+,26-/m1/s1. The average Bonchev–Trinajstić information content (AvgIpc) is 3.05. The number of carbonyl (C=O) groups is 2. The zero-order valence-corrected chi connectivity index (χ0v) is 20.1. The number of ether oxygens (including phenoxy) is 1. The first-order valence-electron chi connectivity index (χ1n) is 10.8. The van der Waals surface area contributed by atoms with Gasteiger partial charge in [0.05, 0.1) is 23.9 Å². The molecule has 166 valence electrons. The van der Waals surface area contributed by atoms with Gasteiger partial charge in [0.15, 0.2) is 0 Å². The summed E-state index contributed by atoms with van der Waals surface area (Å²) in [7, 11) is 0. The number of rotatable bonds is 1. The van der Waals surface area contributed by atoms with Gasteiger partial charge in [-0.25, -0.2) is 0 Å². The van der Waals surface area contributed by atoms with Crippen molar-refractivity contribution in [3.63, 3.8) is 0 Å². The molecule has 0 unspecified atom stereocenters. The highest BCUT2D eigenvalue weighted by Crippen LogP contribution is 2.60. The SMILES string of the molecule is C[C@@]12C(=O)Nc3cc(Cl)ccc3C(=O)N1[C@H]1c3cc(Br)ccc3OC[C@@H]1[C@@H]2c1ccccc1. The zero-order valence-electron chi connectivity index (χ0n) is 17.7. The van der Waals surface area contributed by atoms with Crippen molar-refractivity contribution >= 4 is 45.0 Å². The highest BCUT2D eigenvalue weighted by molar-refractivity contribution is 9.10. The molecule has 6 rings (SSSR count). The second-order valence-corrected chi connectivity index (χ2v) is 10.3. The minimum atomic E-state index is -1.13. The summed E-state index contributed by atoms with van der Waals surface area (Å²) in [6.07, 6.45) is 0. The molecule has 1 saturated heterocycles. The number of benzene rings is 3. The maximum atomic E-state index is 14.1. The van der Waals surface area contributed by atoms with Crippen LogP contribution in [-0.4, -0.2) is 28.9 Å². The van der Waals surface area contributed by atoms with E-state index in [2.05, 4.69) is 21.2 Å². The molecule has 3 aromatic carbocycles. The van der Waals surface area contributed by atoms with Gasteiger partial charge < -0.3 is 15.0 Å². The van der Waals surface area contributed by atoms with E-state index >= 15 is 0 Å². The van der Waals surface area contributed by atoms with Crippen molar-refractivity contribution in [3.05, 3.63) is 92.9 Å². The van der Waals surface area contributed by atoms with Gasteiger partial charge in [-0.3, -0.25) is 9.59 Å². The molecule has 4 atom stereocenters. The van der Waals surface area contributed by atoms with Crippen LogP contribution in [-0.2, 0) is 4.79 Å². The number of nitrogens with one attached hydrogen (secondary N) is 1. The lowest BCUT2D eigenvalue weighted by Gasteiger charge is -2.38. The van der Waals surface area contributed by atoms with Gasteiger partial charge in [-0.15, -0.1) is 0 Å². The van der Waals surface area contributed by atoms with E-state index in [1.807, 2.05) is 55.5 Å². The third kappa shape index (κ3) is 2.90. The van der Waals surface area contributed by atoms with Crippen molar-refractivity contribution in [3.8, 4) is 5.75 Å². The van der Waals surface area contributed by atoms with Gasteiger partial charge >= 0.3 is 0 Å². The summed E-state index contributed by atoms with van der Waals surface area (Å²) in [5.41, 5.74) is 1.66. The van der Waals surface area contributed by atoms with Gasteiger partial charge in [0.25, 0.3) is 11.8 Å². The maximum absolute atomic E-state index is 14.1. The highest BCUT2D eigenvalue weighted by Gasteiger charge is 2.65. The number of amides is 2. The zero-order chi connectivity index (χ0) is 22.9. The molecule has 3 aliphatic heterocycles. The van der Waals surface area contributed by atoms with Crippen LogP contribution in [0.3, 0.4) is 0 Å². The molecule has 0 aliphatic carbocycles. The second-order valence-electron chi connectivity index (χ2n) is 8.96. The minimum absolute atomic E-state index is 0.0947. The van der Waals surface area contributed by atoms with Gasteiger partial charge in [-0.2, -0.15) is 0 Å².